The first-order chi connectivity index (χ1) is 11.0. The summed E-state index contributed by atoms with van der Waals surface area (Å²) in [6, 6.07) is 8.05. The molecule has 0 radical (unpaired) electrons. The number of benzene rings is 1. The first-order valence-electron chi connectivity index (χ1n) is 7.02. The second-order valence-electron chi connectivity index (χ2n) is 4.92. The molecule has 120 valence electrons. The number of nitrogens with zero attached hydrogens (tertiary/aromatic N) is 2. The molecule has 0 fully saturated rings. The molecule has 23 heavy (non-hydrogen) atoms. The van der Waals surface area contributed by atoms with Crippen LogP contribution in [0.3, 0.4) is 0 Å². The normalized spacial score (nSPS) is 11.7. The zero-order chi connectivity index (χ0) is 16.4. The van der Waals surface area contributed by atoms with E-state index in [0.29, 0.717) is 22.1 Å². The zero-order valence-corrected chi connectivity index (χ0v) is 14.0. The number of fused-ring (bicyclic) bond motifs is 1. The average molecular weight is 349 g/mol. The lowest BCUT2D eigenvalue weighted by Gasteiger charge is -2.07. The largest absolute Gasteiger partial charge is 0.379 e. The second-order valence-corrected chi connectivity index (χ2v) is 8.07. The summed E-state index contributed by atoms with van der Waals surface area (Å²) >= 11 is 1.40. The number of rotatable bonds is 5. The fourth-order valence-electron chi connectivity index (χ4n) is 2.12. The molecular weight excluding hydrogens is 334 g/mol. The van der Waals surface area contributed by atoms with Crippen LogP contribution in [-0.2, 0) is 16.4 Å². The maximum Gasteiger partial charge on any atom is 0.258 e. The van der Waals surface area contributed by atoms with Crippen LogP contribution in [0.2, 0.25) is 0 Å². The monoisotopic (exact) mass is 349 g/mol. The Bertz CT molecular complexity index is 989. The maximum atomic E-state index is 11.9. The Hall–Kier alpha value is -2.19. The van der Waals surface area contributed by atoms with Crippen LogP contribution in [0.5, 0.6) is 0 Å². The van der Waals surface area contributed by atoms with Crippen molar-refractivity contribution in [3.63, 3.8) is 0 Å². The summed E-state index contributed by atoms with van der Waals surface area (Å²) in [5, 5.41) is 4.95. The minimum atomic E-state index is -3.19. The zero-order valence-electron chi connectivity index (χ0n) is 12.4. The van der Waals surface area contributed by atoms with Gasteiger partial charge in [0, 0.05) is 23.3 Å². The smallest absolute Gasteiger partial charge is 0.258 e. The third-order valence-corrected chi connectivity index (χ3v) is 5.93. The Balaban J connectivity index is 1.76. The molecule has 0 aliphatic rings. The molecule has 1 aromatic carbocycles. The Morgan fingerprint density at radius 3 is 2.70 bits per heavy atom. The molecule has 0 atom stereocenters. The van der Waals surface area contributed by atoms with Gasteiger partial charge in [0.25, 0.3) is 5.56 Å². The van der Waals surface area contributed by atoms with Crippen LogP contribution in [0.15, 0.2) is 51.6 Å². The molecule has 3 rings (SSSR count). The van der Waals surface area contributed by atoms with E-state index in [9.17, 15) is 13.2 Å². The maximum absolute atomic E-state index is 11.9. The molecule has 0 spiro atoms. The van der Waals surface area contributed by atoms with Crippen LogP contribution in [0.25, 0.3) is 4.96 Å². The molecule has 6 nitrogen and oxygen atoms in total. The molecule has 0 amide bonds. The standard InChI is InChI=1S/C15H15N3O3S2/c1-2-23(20,21)13-5-3-11(4-6-13)16-10-12-9-14(19)18-7-8-22-15(18)17-12/h3-9,16H,2,10H2,1H3. The van der Waals surface area contributed by atoms with E-state index in [4.69, 9.17) is 0 Å². The van der Waals surface area contributed by atoms with E-state index < -0.39 is 9.84 Å². The van der Waals surface area contributed by atoms with Gasteiger partial charge in [-0.15, -0.1) is 11.3 Å². The van der Waals surface area contributed by atoms with Crippen molar-refractivity contribution in [3.05, 3.63) is 58.0 Å². The van der Waals surface area contributed by atoms with E-state index in [-0.39, 0.29) is 11.3 Å². The minimum Gasteiger partial charge on any atom is -0.379 e. The number of thiazole rings is 1. The summed E-state index contributed by atoms with van der Waals surface area (Å²) < 4.78 is 25.0. The van der Waals surface area contributed by atoms with Crippen molar-refractivity contribution in [1.82, 2.24) is 9.38 Å². The second kappa shape index (κ2) is 6.13. The highest BCUT2D eigenvalue weighted by Gasteiger charge is 2.10. The van der Waals surface area contributed by atoms with Gasteiger partial charge in [0.15, 0.2) is 14.8 Å². The number of nitrogens with one attached hydrogen (secondary N) is 1. The van der Waals surface area contributed by atoms with Crippen molar-refractivity contribution in [2.45, 2.75) is 18.4 Å². The van der Waals surface area contributed by atoms with E-state index in [0.717, 1.165) is 5.69 Å². The Labute approximate surface area is 137 Å². The summed E-state index contributed by atoms with van der Waals surface area (Å²) in [7, 11) is -3.19. The Kier molecular flexibility index (Phi) is 4.18. The molecule has 8 heteroatoms. The lowest BCUT2D eigenvalue weighted by molar-refractivity contribution is 0.597. The number of anilines is 1. The summed E-state index contributed by atoms with van der Waals surface area (Å²) in [6.45, 7) is 2.01. The van der Waals surface area contributed by atoms with Crippen LogP contribution in [0.4, 0.5) is 5.69 Å². The lowest BCUT2D eigenvalue weighted by Crippen LogP contribution is -2.14. The molecular formula is C15H15N3O3S2. The number of aromatic nitrogens is 2. The van der Waals surface area contributed by atoms with Gasteiger partial charge < -0.3 is 5.32 Å². The van der Waals surface area contributed by atoms with E-state index >= 15 is 0 Å². The van der Waals surface area contributed by atoms with E-state index in [1.54, 1.807) is 37.4 Å². The molecule has 0 saturated heterocycles. The molecule has 0 saturated carbocycles. The molecule has 1 N–H and O–H groups in total. The number of sulfone groups is 1. The van der Waals surface area contributed by atoms with Gasteiger partial charge >= 0.3 is 0 Å². The van der Waals surface area contributed by atoms with E-state index in [1.165, 1.54) is 21.8 Å². The van der Waals surface area contributed by atoms with Gasteiger partial charge in [-0.05, 0) is 24.3 Å². The summed E-state index contributed by atoms with van der Waals surface area (Å²) in [6.07, 6.45) is 1.69. The van der Waals surface area contributed by atoms with Crippen molar-refractivity contribution in [1.29, 1.82) is 0 Å². The van der Waals surface area contributed by atoms with Crippen LogP contribution in [-0.4, -0.2) is 23.6 Å². The van der Waals surface area contributed by atoms with Crippen molar-refractivity contribution < 1.29 is 8.42 Å². The molecule has 0 aliphatic heterocycles. The average Bonchev–Trinajstić information content (AvgIpc) is 3.02. The minimum absolute atomic E-state index is 0.0778. The highest BCUT2D eigenvalue weighted by atomic mass is 32.2. The SMILES string of the molecule is CCS(=O)(=O)c1ccc(NCc2cc(=O)n3ccsc3n2)cc1. The fraction of sp³-hybridized carbons (Fsp3) is 0.200. The Morgan fingerprint density at radius 2 is 2.00 bits per heavy atom. The predicted octanol–water partition coefficient (Wildman–Crippen LogP) is 2.16. The highest BCUT2D eigenvalue weighted by Crippen LogP contribution is 2.16. The first-order valence-corrected chi connectivity index (χ1v) is 9.55. The van der Waals surface area contributed by atoms with Crippen LogP contribution in [0.1, 0.15) is 12.6 Å². The summed E-state index contributed by atoms with van der Waals surface area (Å²) in [4.78, 5) is 17.3. The van der Waals surface area contributed by atoms with Gasteiger partial charge in [-0.25, -0.2) is 13.4 Å². The number of hydrogen-bond donors (Lipinski definition) is 1. The first kappa shape index (κ1) is 15.7. The summed E-state index contributed by atoms with van der Waals surface area (Å²) in [5.41, 5.74) is 1.30. The summed E-state index contributed by atoms with van der Waals surface area (Å²) in [5.74, 6) is 0.0778. The van der Waals surface area contributed by atoms with E-state index in [2.05, 4.69) is 10.3 Å². The third kappa shape index (κ3) is 3.27. The number of hydrogen-bond acceptors (Lipinski definition) is 6. The van der Waals surface area contributed by atoms with Gasteiger partial charge in [-0.1, -0.05) is 6.92 Å². The molecule has 2 aromatic heterocycles. The van der Waals surface area contributed by atoms with Gasteiger partial charge in [0.2, 0.25) is 0 Å². The van der Waals surface area contributed by atoms with Crippen molar-refractivity contribution in [2.24, 2.45) is 0 Å². The van der Waals surface area contributed by atoms with Gasteiger partial charge in [0.1, 0.15) is 0 Å². The van der Waals surface area contributed by atoms with E-state index in [1.807, 2.05) is 5.38 Å². The molecule has 2 heterocycles. The van der Waals surface area contributed by atoms with Crippen LogP contribution in [0, 0.1) is 0 Å². The fourth-order valence-corrected chi connectivity index (χ4v) is 3.74. The van der Waals surface area contributed by atoms with Crippen LogP contribution >= 0.6 is 11.3 Å². The molecule has 3 aromatic rings. The lowest BCUT2D eigenvalue weighted by atomic mass is 10.3. The van der Waals surface area contributed by atoms with Gasteiger partial charge in [-0.2, -0.15) is 0 Å². The molecule has 0 unspecified atom stereocenters. The van der Waals surface area contributed by atoms with Gasteiger partial charge in [-0.3, -0.25) is 9.20 Å². The van der Waals surface area contributed by atoms with Crippen molar-refractivity contribution in [3.8, 4) is 0 Å². The third-order valence-electron chi connectivity index (χ3n) is 3.42. The molecule has 0 bridgehead atoms. The van der Waals surface area contributed by atoms with Crippen molar-refractivity contribution in [2.75, 3.05) is 11.1 Å². The highest BCUT2D eigenvalue weighted by molar-refractivity contribution is 7.91. The van der Waals surface area contributed by atoms with Crippen LogP contribution < -0.4 is 10.9 Å². The topological polar surface area (TPSA) is 80.5 Å². The molecule has 0 aliphatic carbocycles. The van der Waals surface area contributed by atoms with Crippen molar-refractivity contribution >= 4 is 31.8 Å². The predicted molar refractivity (Wildman–Crippen MR) is 90.8 cm³/mol. The quantitative estimate of drug-likeness (QED) is 0.763. The van der Waals surface area contributed by atoms with Gasteiger partial charge in [0.05, 0.1) is 22.9 Å². The Morgan fingerprint density at radius 1 is 1.26 bits per heavy atom.